The van der Waals surface area contributed by atoms with Gasteiger partial charge < -0.3 is 19.6 Å². The molecule has 2 N–H and O–H groups in total. The Bertz CT molecular complexity index is 973. The monoisotopic (exact) mass is 353 g/mol. The second kappa shape index (κ2) is 7.31. The van der Waals surface area contributed by atoms with E-state index in [4.69, 9.17) is 9.47 Å². The number of carbonyl (C=O) groups excluding carboxylic acids is 2. The lowest BCUT2D eigenvalue weighted by Gasteiger charge is -2.07. The number of aromatic amines is 1. The summed E-state index contributed by atoms with van der Waals surface area (Å²) in [5.41, 5.74) is 2.44. The van der Waals surface area contributed by atoms with Crippen LogP contribution in [0.1, 0.15) is 33.2 Å². The van der Waals surface area contributed by atoms with Crippen LogP contribution in [-0.4, -0.2) is 35.6 Å². The molecule has 1 heterocycles. The van der Waals surface area contributed by atoms with Gasteiger partial charge in [-0.2, -0.15) is 0 Å². The lowest BCUT2D eigenvalue weighted by Crippen LogP contribution is -2.14. The van der Waals surface area contributed by atoms with Crippen molar-refractivity contribution in [3.05, 3.63) is 59.3 Å². The molecule has 0 radical (unpaired) electrons. The molecule has 3 rings (SSSR count). The highest BCUT2D eigenvalue weighted by Gasteiger charge is 2.18. The molecule has 2 aromatic carbocycles. The van der Waals surface area contributed by atoms with E-state index in [1.54, 1.807) is 6.20 Å². The summed E-state index contributed by atoms with van der Waals surface area (Å²) in [6.07, 6.45) is 2.47. The molecule has 0 bridgehead atoms. The van der Waals surface area contributed by atoms with Crippen molar-refractivity contribution in [2.45, 2.75) is 13.3 Å². The second-order valence-electron chi connectivity index (χ2n) is 5.78. The molecule has 3 aromatic rings. The molecule has 1 aromatic heterocycles. The second-order valence-corrected chi connectivity index (χ2v) is 5.78. The molecule has 0 fully saturated rings. The first-order valence-electron chi connectivity index (χ1n) is 8.21. The normalized spacial score (nSPS) is 10.7. The summed E-state index contributed by atoms with van der Waals surface area (Å²) in [4.78, 5) is 27.8. The van der Waals surface area contributed by atoms with Gasteiger partial charge in [-0.1, -0.05) is 25.1 Å². The molecule has 0 saturated heterocycles. The van der Waals surface area contributed by atoms with Crippen LogP contribution in [0.25, 0.3) is 10.9 Å². The molecule has 0 atom stereocenters. The van der Waals surface area contributed by atoms with Gasteiger partial charge >= 0.3 is 5.97 Å². The van der Waals surface area contributed by atoms with Crippen molar-refractivity contribution in [2.75, 3.05) is 13.7 Å². The largest absolute Gasteiger partial charge is 0.507 e. The van der Waals surface area contributed by atoms with Crippen LogP contribution in [0.3, 0.4) is 0 Å². The molecule has 0 aliphatic carbocycles. The molecule has 134 valence electrons. The Morgan fingerprint density at radius 2 is 1.96 bits per heavy atom. The first kappa shape index (κ1) is 17.5. The number of fused-ring (bicyclic) bond motifs is 1. The summed E-state index contributed by atoms with van der Waals surface area (Å²) >= 11 is 0. The number of phenolic OH excluding ortho intramolecular Hbond substituents is 1. The number of ether oxygens (including phenoxy) is 2. The van der Waals surface area contributed by atoms with Gasteiger partial charge in [0.05, 0.1) is 7.11 Å². The molecule has 0 amide bonds. The van der Waals surface area contributed by atoms with Crippen molar-refractivity contribution in [3.63, 3.8) is 0 Å². The van der Waals surface area contributed by atoms with Crippen molar-refractivity contribution >= 4 is 22.7 Å². The minimum atomic E-state index is -0.788. The Morgan fingerprint density at radius 3 is 2.69 bits per heavy atom. The lowest BCUT2D eigenvalue weighted by atomic mass is 10.1. The minimum Gasteiger partial charge on any atom is -0.507 e. The number of aryl methyl sites for hydroxylation is 1. The number of para-hydroxylation sites is 1. The third-order valence-electron chi connectivity index (χ3n) is 4.24. The zero-order valence-corrected chi connectivity index (χ0v) is 14.5. The fraction of sp³-hybridized carbons (Fsp3) is 0.200. The maximum Gasteiger partial charge on any atom is 0.342 e. The van der Waals surface area contributed by atoms with Gasteiger partial charge in [-0.3, -0.25) is 4.79 Å². The average Bonchev–Trinajstić information content (AvgIpc) is 3.10. The van der Waals surface area contributed by atoms with Crippen LogP contribution < -0.4 is 4.74 Å². The van der Waals surface area contributed by atoms with Crippen LogP contribution in [-0.2, 0) is 11.2 Å². The highest BCUT2D eigenvalue weighted by atomic mass is 16.5. The van der Waals surface area contributed by atoms with Crippen molar-refractivity contribution < 1.29 is 24.2 Å². The van der Waals surface area contributed by atoms with E-state index in [0.29, 0.717) is 11.3 Å². The Labute approximate surface area is 150 Å². The first-order valence-corrected chi connectivity index (χ1v) is 8.21. The summed E-state index contributed by atoms with van der Waals surface area (Å²) in [5.74, 6) is -0.934. The standard InChI is InChI=1S/C20H19NO5/c1-3-12-5-4-6-14-16(10-21-19(12)14)18(23)11-26-20(24)15-9-13(25-2)7-8-17(15)22/h4-10,21-22H,3,11H2,1-2H3. The van der Waals surface area contributed by atoms with Crippen LogP contribution >= 0.6 is 0 Å². The Morgan fingerprint density at radius 1 is 1.15 bits per heavy atom. The van der Waals surface area contributed by atoms with Crippen LogP contribution in [0.2, 0.25) is 0 Å². The third-order valence-corrected chi connectivity index (χ3v) is 4.24. The van der Waals surface area contributed by atoms with E-state index >= 15 is 0 Å². The van der Waals surface area contributed by atoms with Gasteiger partial charge in [-0.15, -0.1) is 0 Å². The van der Waals surface area contributed by atoms with E-state index in [0.717, 1.165) is 22.9 Å². The maximum absolute atomic E-state index is 12.5. The van der Waals surface area contributed by atoms with Crippen LogP contribution in [0.5, 0.6) is 11.5 Å². The number of ketones is 1. The predicted octanol–water partition coefficient (Wildman–Crippen LogP) is 3.48. The quantitative estimate of drug-likeness (QED) is 0.523. The molecule has 0 aliphatic heterocycles. The van der Waals surface area contributed by atoms with E-state index in [2.05, 4.69) is 4.98 Å². The first-order chi connectivity index (χ1) is 12.5. The number of aromatic nitrogens is 1. The highest BCUT2D eigenvalue weighted by molar-refractivity contribution is 6.09. The molecule has 0 spiro atoms. The SMILES string of the molecule is CCc1cccc2c(C(=O)COC(=O)c3cc(OC)ccc3O)c[nH]c12. The maximum atomic E-state index is 12.5. The smallest absolute Gasteiger partial charge is 0.342 e. The predicted molar refractivity (Wildman–Crippen MR) is 96.9 cm³/mol. The molecule has 0 saturated carbocycles. The van der Waals surface area contributed by atoms with E-state index in [1.807, 2.05) is 25.1 Å². The van der Waals surface area contributed by atoms with Gasteiger partial charge in [-0.05, 0) is 30.2 Å². The lowest BCUT2D eigenvalue weighted by molar-refractivity contribution is 0.0472. The van der Waals surface area contributed by atoms with Crippen LogP contribution in [0, 0.1) is 0 Å². The third kappa shape index (κ3) is 3.26. The topological polar surface area (TPSA) is 88.6 Å². The number of benzene rings is 2. The van der Waals surface area contributed by atoms with E-state index in [1.165, 1.54) is 25.3 Å². The number of esters is 1. The summed E-state index contributed by atoms with van der Waals surface area (Å²) in [5, 5.41) is 10.6. The summed E-state index contributed by atoms with van der Waals surface area (Å²) in [7, 11) is 1.45. The number of hydrogen-bond donors (Lipinski definition) is 2. The fourth-order valence-electron chi connectivity index (χ4n) is 2.83. The molecule has 6 nitrogen and oxygen atoms in total. The van der Waals surface area contributed by atoms with Crippen molar-refractivity contribution in [1.29, 1.82) is 0 Å². The number of methoxy groups -OCH3 is 1. The molecule has 0 unspecified atom stereocenters. The van der Waals surface area contributed by atoms with Crippen molar-refractivity contribution in [3.8, 4) is 11.5 Å². The van der Waals surface area contributed by atoms with E-state index in [-0.39, 0.29) is 17.1 Å². The van der Waals surface area contributed by atoms with E-state index in [9.17, 15) is 14.7 Å². The van der Waals surface area contributed by atoms with Crippen molar-refractivity contribution in [2.24, 2.45) is 0 Å². The van der Waals surface area contributed by atoms with Gasteiger partial charge in [-0.25, -0.2) is 4.79 Å². The number of Topliss-reactive ketones (excluding diaryl/α,β-unsaturated/α-hetero) is 1. The number of aromatic hydroxyl groups is 1. The fourth-order valence-corrected chi connectivity index (χ4v) is 2.83. The summed E-state index contributed by atoms with van der Waals surface area (Å²) in [6.45, 7) is 1.62. The summed E-state index contributed by atoms with van der Waals surface area (Å²) < 4.78 is 10.1. The van der Waals surface area contributed by atoms with Crippen molar-refractivity contribution in [1.82, 2.24) is 4.98 Å². The summed E-state index contributed by atoms with van der Waals surface area (Å²) in [6, 6.07) is 9.97. The number of phenols is 1. The van der Waals surface area contributed by atoms with Gasteiger partial charge in [0.2, 0.25) is 5.78 Å². The molecular weight excluding hydrogens is 334 g/mol. The number of H-pyrrole nitrogens is 1. The Balaban J connectivity index is 1.76. The molecular formula is C20H19NO5. The average molecular weight is 353 g/mol. The Kier molecular flexibility index (Phi) is 4.93. The van der Waals surface area contributed by atoms with E-state index < -0.39 is 12.6 Å². The highest BCUT2D eigenvalue weighted by Crippen LogP contribution is 2.25. The molecule has 26 heavy (non-hydrogen) atoms. The number of rotatable bonds is 6. The number of hydrogen-bond acceptors (Lipinski definition) is 5. The zero-order chi connectivity index (χ0) is 18.7. The van der Waals surface area contributed by atoms with Crippen LogP contribution in [0.15, 0.2) is 42.6 Å². The van der Waals surface area contributed by atoms with Gasteiger partial charge in [0.1, 0.15) is 17.1 Å². The van der Waals surface area contributed by atoms with Gasteiger partial charge in [0.15, 0.2) is 6.61 Å². The minimum absolute atomic E-state index is 0.0515. The number of nitrogens with one attached hydrogen (secondary N) is 1. The van der Waals surface area contributed by atoms with Gasteiger partial charge in [0.25, 0.3) is 0 Å². The number of carbonyl (C=O) groups is 2. The van der Waals surface area contributed by atoms with Crippen LogP contribution in [0.4, 0.5) is 0 Å². The molecule has 6 heteroatoms. The van der Waals surface area contributed by atoms with Gasteiger partial charge in [0, 0.05) is 22.7 Å². The Hall–Kier alpha value is -3.28. The zero-order valence-electron chi connectivity index (χ0n) is 14.5. The molecule has 0 aliphatic rings.